The summed E-state index contributed by atoms with van der Waals surface area (Å²) >= 11 is 0. The molecule has 0 bridgehead atoms. The number of rotatable bonds is 4. The first-order chi connectivity index (χ1) is 26.7. The van der Waals surface area contributed by atoms with Crippen LogP contribution in [0, 0.1) is 59.0 Å². The minimum absolute atomic E-state index is 0.115. The van der Waals surface area contributed by atoms with E-state index >= 15 is 0 Å². The van der Waals surface area contributed by atoms with Gasteiger partial charge in [-0.3, -0.25) is 0 Å². The molecule has 0 aliphatic heterocycles. The number of benzene rings is 4. The van der Waals surface area contributed by atoms with E-state index in [1.165, 1.54) is 57.0 Å². The summed E-state index contributed by atoms with van der Waals surface area (Å²) in [5.74, 6) is -6.00. The average molecular weight is 805 g/mol. The molecule has 0 amide bonds. The van der Waals surface area contributed by atoms with Crippen LogP contribution in [0.25, 0.3) is 0 Å². The highest BCUT2D eigenvalue weighted by Crippen LogP contribution is 2.16. The summed E-state index contributed by atoms with van der Waals surface area (Å²) in [7, 11) is 0. The first kappa shape index (κ1) is 60.8. The Labute approximate surface area is 339 Å². The molecule has 320 valence electrons. The van der Waals surface area contributed by atoms with Crippen LogP contribution < -0.4 is 0 Å². The third kappa shape index (κ3) is 26.1. The fourth-order valence-corrected chi connectivity index (χ4v) is 3.60. The molecule has 57 heavy (non-hydrogen) atoms. The molecule has 4 aromatic carbocycles. The molecule has 0 atom stereocenters. The zero-order chi connectivity index (χ0) is 46.0. The zero-order valence-corrected chi connectivity index (χ0v) is 36.8. The molecule has 11 heteroatoms. The Morgan fingerprint density at radius 3 is 1.23 bits per heavy atom. The zero-order valence-electron chi connectivity index (χ0n) is 36.8. The minimum Gasteiger partial charge on any atom is -0.478 e. The second-order valence-corrected chi connectivity index (χ2v) is 11.2. The molecular weight excluding hydrogens is 737 g/mol. The van der Waals surface area contributed by atoms with Crippen molar-refractivity contribution in [2.45, 2.75) is 124 Å². The van der Waals surface area contributed by atoms with Crippen LogP contribution in [0.3, 0.4) is 0 Å². The molecule has 4 N–H and O–H groups in total. The van der Waals surface area contributed by atoms with Gasteiger partial charge in [0.25, 0.3) is 0 Å². The highest BCUT2D eigenvalue weighted by atomic mass is 19.1. The fraction of sp³-hybridized carbons (Fsp3) is 0.391. The monoisotopic (exact) mass is 804 g/mol. The summed E-state index contributed by atoms with van der Waals surface area (Å²) in [6.45, 7) is 30.4. The number of halogens is 3. The quantitative estimate of drug-likeness (QED) is 0.159. The van der Waals surface area contributed by atoms with Crippen LogP contribution in [0.4, 0.5) is 13.2 Å². The van der Waals surface area contributed by atoms with Crippen molar-refractivity contribution in [2.75, 3.05) is 0 Å². The van der Waals surface area contributed by atoms with Crippen LogP contribution in [-0.4, -0.2) is 44.3 Å². The Balaban J connectivity index is -0.000000193. The molecule has 0 heterocycles. The predicted molar refractivity (Wildman–Crippen MR) is 228 cm³/mol. The van der Waals surface area contributed by atoms with E-state index in [2.05, 4.69) is 27.7 Å². The van der Waals surface area contributed by atoms with Gasteiger partial charge in [-0.15, -0.1) is 0 Å². The van der Waals surface area contributed by atoms with Gasteiger partial charge >= 0.3 is 23.9 Å². The topological polar surface area (TPSA) is 149 Å². The van der Waals surface area contributed by atoms with Crippen LogP contribution in [0.1, 0.15) is 157 Å². The third-order valence-corrected chi connectivity index (χ3v) is 6.21. The SMILES string of the molecule is CC.CC.CC.CCC.CCC.Cc1cc(C(=O)O)ccc1F.Cc1ccc(C)c(C(=O)O)c1.Cc1ccc(C)c(C(=O)O)c1F.Cc1cccc(C(=O)O)c1F. The van der Waals surface area contributed by atoms with Gasteiger partial charge in [0.05, 0.1) is 22.3 Å². The molecule has 8 nitrogen and oxygen atoms in total. The summed E-state index contributed by atoms with van der Waals surface area (Å²) in [4.78, 5) is 41.8. The number of carboxylic acid groups (broad SMARTS) is 4. The van der Waals surface area contributed by atoms with Crippen molar-refractivity contribution >= 4 is 23.9 Å². The van der Waals surface area contributed by atoms with Gasteiger partial charge in [-0.1, -0.05) is 124 Å². The van der Waals surface area contributed by atoms with Gasteiger partial charge in [-0.05, 0) is 99.7 Å². The third-order valence-electron chi connectivity index (χ3n) is 6.21. The molecule has 0 fully saturated rings. The van der Waals surface area contributed by atoms with Crippen molar-refractivity contribution in [3.05, 3.63) is 140 Å². The van der Waals surface area contributed by atoms with Crippen molar-refractivity contribution < 1.29 is 52.8 Å². The van der Waals surface area contributed by atoms with E-state index < -0.39 is 35.5 Å². The molecule has 0 unspecified atom stereocenters. The maximum atomic E-state index is 13.1. The van der Waals surface area contributed by atoms with Gasteiger partial charge in [0.2, 0.25) is 0 Å². The lowest BCUT2D eigenvalue weighted by atomic mass is 10.1. The molecule has 4 aromatic rings. The highest BCUT2D eigenvalue weighted by Gasteiger charge is 2.14. The summed E-state index contributed by atoms with van der Waals surface area (Å²) in [6, 6.07) is 16.5. The minimum atomic E-state index is -1.23. The van der Waals surface area contributed by atoms with Crippen LogP contribution in [0.15, 0.2) is 66.7 Å². The Bertz CT molecular complexity index is 1740. The Morgan fingerprint density at radius 2 is 0.877 bits per heavy atom. The lowest BCUT2D eigenvalue weighted by Gasteiger charge is -2.03. The molecule has 0 aromatic heterocycles. The van der Waals surface area contributed by atoms with Gasteiger partial charge < -0.3 is 20.4 Å². The van der Waals surface area contributed by atoms with Crippen molar-refractivity contribution in [1.29, 1.82) is 0 Å². The van der Waals surface area contributed by atoms with E-state index in [1.54, 1.807) is 39.0 Å². The Hall–Kier alpha value is -5.45. The Kier molecular flexibility index (Phi) is 38.6. The van der Waals surface area contributed by atoms with E-state index in [0.29, 0.717) is 27.8 Å². The standard InChI is InChI=1S/C9H9FO2.C9H10O2.2C8H7FO2.2C3H8.3C2H6/c1-5-3-4-6(2)8(10)7(5)9(11)12;1-6-3-4-7(2)8(5-6)9(10)11;1-5-4-6(8(10)11)2-3-7(5)9;1-5-3-2-4-6(7(5)9)8(10)11;2*1-3-2;3*1-2/h3-4H,1-2H3,(H,11,12);3-5H,1-2H3,(H,10,11);2*2-4H,1H3,(H,10,11);2*3H2,1-2H3;3*1-2H3. The summed E-state index contributed by atoms with van der Waals surface area (Å²) < 4.78 is 38.6. The number of aryl methyl sites for hydroxylation is 6. The van der Waals surface area contributed by atoms with Crippen LogP contribution in [-0.2, 0) is 0 Å². The van der Waals surface area contributed by atoms with E-state index in [1.807, 2.05) is 60.6 Å². The van der Waals surface area contributed by atoms with Gasteiger partial charge in [-0.2, -0.15) is 0 Å². The molecule has 4 rings (SSSR count). The van der Waals surface area contributed by atoms with E-state index in [-0.39, 0.29) is 22.5 Å². The van der Waals surface area contributed by atoms with Gasteiger partial charge in [0.1, 0.15) is 17.5 Å². The molecule has 0 aliphatic rings. The number of carboxylic acids is 4. The number of hydrogen-bond donors (Lipinski definition) is 4. The van der Waals surface area contributed by atoms with Crippen LogP contribution >= 0.6 is 0 Å². The molecule has 0 spiro atoms. The molecule has 0 saturated carbocycles. The first-order valence-corrected chi connectivity index (χ1v) is 19.0. The van der Waals surface area contributed by atoms with Gasteiger partial charge in [-0.25, -0.2) is 32.3 Å². The van der Waals surface area contributed by atoms with E-state index in [4.69, 9.17) is 20.4 Å². The number of aromatic carboxylic acids is 4. The normalized spacial score (nSPS) is 8.61. The lowest BCUT2D eigenvalue weighted by Crippen LogP contribution is -2.04. The van der Waals surface area contributed by atoms with Crippen molar-refractivity contribution in [1.82, 2.24) is 0 Å². The van der Waals surface area contributed by atoms with Crippen LogP contribution in [0.2, 0.25) is 0 Å². The summed E-state index contributed by atoms with van der Waals surface area (Å²) in [5.41, 5.74) is 3.31. The second kappa shape index (κ2) is 36.2. The fourth-order valence-electron chi connectivity index (χ4n) is 3.60. The molecular formula is C46H67F3O8. The van der Waals surface area contributed by atoms with Crippen molar-refractivity contribution in [2.24, 2.45) is 0 Å². The maximum Gasteiger partial charge on any atom is 0.338 e. The predicted octanol–water partition coefficient (Wildman–Crippen LogP) is 13.7. The lowest BCUT2D eigenvalue weighted by molar-refractivity contribution is 0.0680. The summed E-state index contributed by atoms with van der Waals surface area (Å²) in [6.07, 6.45) is 2.50. The van der Waals surface area contributed by atoms with Crippen molar-refractivity contribution in [3.8, 4) is 0 Å². The molecule has 0 radical (unpaired) electrons. The van der Waals surface area contributed by atoms with Crippen LogP contribution in [0.5, 0.6) is 0 Å². The second-order valence-electron chi connectivity index (χ2n) is 11.2. The van der Waals surface area contributed by atoms with Gasteiger partial charge in [0.15, 0.2) is 0 Å². The largest absolute Gasteiger partial charge is 0.478 e. The number of carbonyl (C=O) groups is 4. The summed E-state index contributed by atoms with van der Waals surface area (Å²) in [5, 5.41) is 34.2. The van der Waals surface area contributed by atoms with Gasteiger partial charge in [0, 0.05) is 0 Å². The van der Waals surface area contributed by atoms with E-state index in [0.717, 1.165) is 17.2 Å². The molecule has 0 saturated heterocycles. The maximum absolute atomic E-state index is 13.1. The van der Waals surface area contributed by atoms with Crippen molar-refractivity contribution in [3.63, 3.8) is 0 Å². The average Bonchev–Trinajstić information content (AvgIpc) is 3.17. The highest BCUT2D eigenvalue weighted by molar-refractivity contribution is 5.90. The van der Waals surface area contributed by atoms with E-state index in [9.17, 15) is 32.3 Å². The number of hydrogen-bond acceptors (Lipinski definition) is 4. The Morgan fingerprint density at radius 1 is 0.456 bits per heavy atom. The smallest absolute Gasteiger partial charge is 0.338 e. The molecule has 0 aliphatic carbocycles. The first-order valence-electron chi connectivity index (χ1n) is 19.0.